The van der Waals surface area contributed by atoms with Crippen molar-refractivity contribution in [1.29, 1.82) is 0 Å². The van der Waals surface area contributed by atoms with E-state index in [4.69, 9.17) is 5.73 Å². The fourth-order valence-corrected chi connectivity index (χ4v) is 7.35. The third-order valence-corrected chi connectivity index (χ3v) is 10.0. The second-order valence-corrected chi connectivity index (χ2v) is 13.5. The summed E-state index contributed by atoms with van der Waals surface area (Å²) in [5.74, 6) is 0. The molecule has 0 saturated heterocycles. The topological polar surface area (TPSA) is 38.4 Å². The van der Waals surface area contributed by atoms with Crippen LogP contribution in [0.15, 0.2) is 228 Å². The van der Waals surface area contributed by atoms with Gasteiger partial charge in [0.1, 0.15) is 0 Å². The Kier molecular flexibility index (Phi) is 14.1. The predicted octanol–water partition coefficient (Wildman–Crippen LogP) is 13.0. The van der Waals surface area contributed by atoms with Gasteiger partial charge in [0.15, 0.2) is 0 Å². The van der Waals surface area contributed by atoms with E-state index in [0.29, 0.717) is 0 Å². The van der Waals surface area contributed by atoms with Crippen molar-refractivity contribution < 1.29 is 0 Å². The van der Waals surface area contributed by atoms with E-state index in [-0.39, 0.29) is 0 Å². The van der Waals surface area contributed by atoms with Gasteiger partial charge in [0, 0.05) is 0 Å². The number of allylic oxidation sites excluding steroid dienone is 22. The third kappa shape index (κ3) is 9.21. The summed E-state index contributed by atoms with van der Waals surface area (Å²) in [7, 11) is 0. The molecule has 3 aromatic carbocycles. The maximum Gasteiger partial charge on any atom is 0.0658 e. The molecule has 0 aromatic heterocycles. The predicted molar refractivity (Wildman–Crippen MR) is 236 cm³/mol. The molecule has 2 heteroatoms. The maximum absolute atomic E-state index is 5.78. The molecule has 1 unspecified atom stereocenters. The first-order valence-electron chi connectivity index (χ1n) is 18.7. The molecular weight excluding hydrogens is 653 g/mol. The van der Waals surface area contributed by atoms with Gasteiger partial charge in [-0.25, -0.2) is 0 Å². The van der Waals surface area contributed by atoms with Gasteiger partial charge in [-0.3, -0.25) is 4.99 Å². The first-order valence-corrected chi connectivity index (χ1v) is 18.7. The van der Waals surface area contributed by atoms with Crippen LogP contribution in [0.2, 0.25) is 0 Å². The van der Waals surface area contributed by atoms with Crippen molar-refractivity contribution in [2.24, 2.45) is 10.7 Å². The van der Waals surface area contributed by atoms with Crippen molar-refractivity contribution >= 4 is 17.9 Å². The summed E-state index contributed by atoms with van der Waals surface area (Å²) < 4.78 is 0. The van der Waals surface area contributed by atoms with Crippen molar-refractivity contribution in [3.8, 4) is 0 Å². The summed E-state index contributed by atoms with van der Waals surface area (Å²) in [6.07, 6.45) is 40.5. The van der Waals surface area contributed by atoms with Crippen molar-refractivity contribution in [2.45, 2.75) is 45.4 Å². The highest BCUT2D eigenvalue weighted by molar-refractivity contribution is 5.91. The van der Waals surface area contributed by atoms with Crippen molar-refractivity contribution in [3.05, 3.63) is 251 Å². The molecule has 54 heavy (non-hydrogen) atoms. The average Bonchev–Trinajstić information content (AvgIpc) is 3.48. The van der Waals surface area contributed by atoms with E-state index in [9.17, 15) is 0 Å². The summed E-state index contributed by atoms with van der Waals surface area (Å²) in [4.78, 5) is 4.42. The first kappa shape index (κ1) is 39.0. The Hall–Kier alpha value is -6.25. The van der Waals surface area contributed by atoms with Gasteiger partial charge in [0.25, 0.3) is 0 Å². The smallest absolute Gasteiger partial charge is 0.0658 e. The van der Waals surface area contributed by atoms with Gasteiger partial charge in [-0.1, -0.05) is 199 Å². The van der Waals surface area contributed by atoms with E-state index < -0.39 is 5.41 Å². The molecule has 0 bridgehead atoms. The number of aryl methyl sites for hydroxylation is 1. The molecule has 270 valence electrons. The number of fused-ring (bicyclic) bond motifs is 2. The summed E-state index contributed by atoms with van der Waals surface area (Å²) in [5, 5.41) is 0. The number of aliphatic imine (C=N–C) groups is 1. The van der Waals surface area contributed by atoms with Crippen LogP contribution in [0.5, 0.6) is 0 Å². The fourth-order valence-electron chi connectivity index (χ4n) is 7.35. The van der Waals surface area contributed by atoms with Crippen molar-refractivity contribution in [3.63, 3.8) is 0 Å². The zero-order valence-corrected chi connectivity index (χ0v) is 32.0. The Morgan fingerprint density at radius 2 is 1.52 bits per heavy atom. The molecule has 0 spiro atoms. The molecule has 3 aliphatic rings. The largest absolute Gasteiger partial charge is 0.405 e. The van der Waals surface area contributed by atoms with Crippen LogP contribution >= 0.6 is 0 Å². The normalized spacial score (nSPS) is 21.9. The molecule has 2 N–H and O–H groups in total. The molecule has 0 amide bonds. The molecule has 3 aliphatic carbocycles. The minimum atomic E-state index is -0.464. The van der Waals surface area contributed by atoms with Crippen LogP contribution in [0, 0.1) is 6.92 Å². The van der Waals surface area contributed by atoms with Gasteiger partial charge in [-0.2, -0.15) is 0 Å². The van der Waals surface area contributed by atoms with E-state index in [1.807, 2.05) is 30.4 Å². The van der Waals surface area contributed by atoms with Crippen LogP contribution in [0.3, 0.4) is 0 Å². The highest BCUT2D eigenvalue weighted by Crippen LogP contribution is 2.55. The fraction of sp³-hybridized carbons (Fsp3) is 0.135. The summed E-state index contributed by atoms with van der Waals surface area (Å²) in [6.45, 7) is 14.4. The van der Waals surface area contributed by atoms with Crippen LogP contribution in [0.1, 0.15) is 54.5 Å². The first-order chi connectivity index (χ1) is 26.4. The lowest BCUT2D eigenvalue weighted by Gasteiger charge is -2.36. The minimum Gasteiger partial charge on any atom is -0.405 e. The standard InChI is InChI=1S/C45H44N2.C7H8/c1-5-17-34(2)45(35(3)18-16-33-46)42-25-11-7-10-21-39(22-12-13-23-40(42)41-24-14-15-26-43(41)45)44(47-4)32-29-36-27-30-38(31-28-36)37-19-8-6-9-20-37;1-7-5-3-2-4-6-7/h5-8,10-19,21-28,30-33H,1,4,9,20,29,46H2,2-3H3;2-6H,1H3/b10-7+,11-7?,13-12?,21-10?,22-12-,23-13-,25-11+,33-16-,34-17-,35-18-,39-21+,39-22?,40-23?,42-25?,44-32-;. The summed E-state index contributed by atoms with van der Waals surface area (Å²) in [6, 6.07) is 27.8. The average molecular weight is 705 g/mol. The molecule has 0 saturated carbocycles. The van der Waals surface area contributed by atoms with Gasteiger partial charge in [0.05, 0.1) is 11.1 Å². The molecule has 0 radical (unpaired) electrons. The molecule has 0 fully saturated rings. The lowest BCUT2D eigenvalue weighted by Crippen LogP contribution is -2.29. The van der Waals surface area contributed by atoms with Gasteiger partial charge < -0.3 is 5.73 Å². The Balaban J connectivity index is 0.000000719. The highest BCUT2D eigenvalue weighted by Gasteiger charge is 2.45. The number of nitrogens with zero attached hydrogens (tertiary/aromatic N) is 1. The van der Waals surface area contributed by atoms with Crippen LogP contribution in [-0.2, 0) is 11.8 Å². The minimum absolute atomic E-state index is 0.464. The van der Waals surface area contributed by atoms with E-state index in [1.165, 1.54) is 55.7 Å². The lowest BCUT2D eigenvalue weighted by molar-refractivity contribution is 0.720. The van der Waals surface area contributed by atoms with Gasteiger partial charge in [-0.05, 0) is 104 Å². The van der Waals surface area contributed by atoms with Crippen molar-refractivity contribution in [1.82, 2.24) is 0 Å². The zero-order valence-electron chi connectivity index (χ0n) is 32.0. The Morgan fingerprint density at radius 3 is 2.20 bits per heavy atom. The third-order valence-electron chi connectivity index (χ3n) is 10.0. The zero-order chi connectivity index (χ0) is 38.2. The number of hydrogen-bond acceptors (Lipinski definition) is 2. The molecule has 1 atom stereocenters. The molecule has 0 heterocycles. The monoisotopic (exact) mass is 704 g/mol. The van der Waals surface area contributed by atoms with Gasteiger partial charge in [-0.15, -0.1) is 0 Å². The number of hydrogen-bond donors (Lipinski definition) is 1. The maximum atomic E-state index is 5.78. The quantitative estimate of drug-likeness (QED) is 0.175. The Labute approximate surface area is 323 Å². The van der Waals surface area contributed by atoms with Gasteiger partial charge >= 0.3 is 0 Å². The number of nitrogens with two attached hydrogens (primary N) is 1. The van der Waals surface area contributed by atoms with Crippen LogP contribution in [-0.4, -0.2) is 6.72 Å². The lowest BCUT2D eigenvalue weighted by atomic mass is 9.66. The molecule has 2 nitrogen and oxygen atoms in total. The number of rotatable bonds is 9. The second kappa shape index (κ2) is 19.5. The Morgan fingerprint density at radius 1 is 0.796 bits per heavy atom. The molecule has 6 rings (SSSR count). The van der Waals surface area contributed by atoms with Crippen LogP contribution in [0.4, 0.5) is 0 Å². The van der Waals surface area contributed by atoms with E-state index in [1.54, 1.807) is 6.20 Å². The second-order valence-electron chi connectivity index (χ2n) is 13.5. The van der Waals surface area contributed by atoms with E-state index >= 15 is 0 Å². The SMILES string of the molecule is C=C/C=C(/C)C1(/C(C)=C\C=C/N)C2=C(/C=C\C=C/C(C(=C/Cc3ccc(C4=CC=CCC4)cc3)/N=C)=C\C=C\C=C\2)c2ccccc21.Cc1ccccc1. The van der Waals surface area contributed by atoms with Crippen LogP contribution < -0.4 is 5.73 Å². The molecule has 3 aromatic rings. The van der Waals surface area contributed by atoms with E-state index in [0.717, 1.165) is 30.5 Å². The van der Waals surface area contributed by atoms with E-state index in [2.05, 4.69) is 191 Å². The molecular formula is C52H52N2. The van der Waals surface area contributed by atoms with Crippen LogP contribution in [0.25, 0.3) is 11.1 Å². The summed E-state index contributed by atoms with van der Waals surface area (Å²) in [5.41, 5.74) is 19.7. The Bertz CT molecular complexity index is 2180. The molecule has 0 aliphatic heterocycles. The number of benzene rings is 3. The van der Waals surface area contributed by atoms with Crippen molar-refractivity contribution in [2.75, 3.05) is 0 Å². The van der Waals surface area contributed by atoms with Gasteiger partial charge in [0.2, 0.25) is 0 Å². The summed E-state index contributed by atoms with van der Waals surface area (Å²) >= 11 is 0. The highest BCUT2D eigenvalue weighted by atomic mass is 14.7.